The highest BCUT2D eigenvalue weighted by Gasteiger charge is 2.36. The van der Waals surface area contributed by atoms with Crippen LogP contribution in [-0.4, -0.2) is 45.4 Å². The van der Waals surface area contributed by atoms with Crippen LogP contribution in [0.5, 0.6) is 0 Å². The van der Waals surface area contributed by atoms with Crippen molar-refractivity contribution < 1.29 is 19.1 Å². The molecule has 2 aromatic carbocycles. The van der Waals surface area contributed by atoms with E-state index in [4.69, 9.17) is 4.74 Å². The molecule has 2 amide bonds. The van der Waals surface area contributed by atoms with E-state index in [1.165, 1.54) is 28.0 Å². The van der Waals surface area contributed by atoms with Crippen LogP contribution in [-0.2, 0) is 20.9 Å². The van der Waals surface area contributed by atoms with Gasteiger partial charge in [0, 0.05) is 16.1 Å². The molecule has 192 valence electrons. The van der Waals surface area contributed by atoms with Gasteiger partial charge in [-0.15, -0.1) is 16.4 Å². The molecule has 4 rings (SSSR count). The number of nitrogens with zero attached hydrogens (tertiary/aromatic N) is 4. The topological polar surface area (TPSA) is 106 Å². The van der Waals surface area contributed by atoms with Gasteiger partial charge in [-0.1, -0.05) is 36.4 Å². The van der Waals surface area contributed by atoms with Crippen LogP contribution in [0.4, 0.5) is 5.69 Å². The third-order valence-electron chi connectivity index (χ3n) is 6.18. The lowest BCUT2D eigenvalue weighted by molar-refractivity contribution is -0.128. The Morgan fingerprint density at radius 2 is 1.89 bits per heavy atom. The number of methoxy groups -OCH3 is 1. The number of fused-ring (bicyclic) bond motifs is 1. The fourth-order valence-corrected chi connectivity index (χ4v) is 4.70. The van der Waals surface area contributed by atoms with Crippen LogP contribution in [0.15, 0.2) is 66.0 Å². The van der Waals surface area contributed by atoms with Gasteiger partial charge in [-0.25, -0.2) is 9.48 Å². The molecule has 0 saturated heterocycles. The van der Waals surface area contributed by atoms with Crippen LogP contribution in [0.25, 0.3) is 11.0 Å². The number of carbonyl (C=O) groups is 3. The summed E-state index contributed by atoms with van der Waals surface area (Å²) in [5, 5.41) is 13.2. The number of hydrogen-bond donors (Lipinski definition) is 1. The number of nitrogens with one attached hydrogen (secondary N) is 1. The predicted molar refractivity (Wildman–Crippen MR) is 142 cm³/mol. The zero-order valence-electron chi connectivity index (χ0n) is 21.2. The molecule has 0 aliphatic carbocycles. The van der Waals surface area contributed by atoms with E-state index >= 15 is 0 Å². The van der Waals surface area contributed by atoms with Gasteiger partial charge in [-0.3, -0.25) is 14.5 Å². The van der Waals surface area contributed by atoms with Crippen molar-refractivity contribution in [3.8, 4) is 0 Å². The SMILES string of the molecule is CCC(C)(C)NC(=O)[C@@H](c1cccs1)N(C(=O)Cn1nnc2ccccc21)c1cccc(C(=O)OC)c1. The summed E-state index contributed by atoms with van der Waals surface area (Å²) < 4.78 is 6.39. The molecule has 1 atom stereocenters. The first-order valence-electron chi connectivity index (χ1n) is 11.9. The van der Waals surface area contributed by atoms with E-state index in [2.05, 4.69) is 15.6 Å². The van der Waals surface area contributed by atoms with Gasteiger partial charge in [0.05, 0.1) is 18.2 Å². The summed E-state index contributed by atoms with van der Waals surface area (Å²) in [7, 11) is 1.29. The van der Waals surface area contributed by atoms with Crippen molar-refractivity contribution in [3.05, 3.63) is 76.5 Å². The number of amides is 2. The second-order valence-electron chi connectivity index (χ2n) is 9.19. The number of hydrogen-bond acceptors (Lipinski definition) is 7. The lowest BCUT2D eigenvalue weighted by Gasteiger charge is -2.34. The maximum Gasteiger partial charge on any atom is 0.337 e. The van der Waals surface area contributed by atoms with E-state index in [1.54, 1.807) is 24.3 Å². The quantitative estimate of drug-likeness (QED) is 0.330. The predicted octanol–water partition coefficient (Wildman–Crippen LogP) is 4.36. The van der Waals surface area contributed by atoms with Gasteiger partial charge >= 0.3 is 5.97 Å². The monoisotopic (exact) mass is 519 g/mol. The summed E-state index contributed by atoms with van der Waals surface area (Å²) in [6, 6.07) is 16.5. The molecule has 0 aliphatic heterocycles. The Morgan fingerprint density at radius 1 is 1.11 bits per heavy atom. The van der Waals surface area contributed by atoms with Gasteiger partial charge in [-0.05, 0) is 62.0 Å². The first-order chi connectivity index (χ1) is 17.7. The maximum absolute atomic E-state index is 14.0. The van der Waals surface area contributed by atoms with Crippen LogP contribution in [0.1, 0.15) is 48.5 Å². The normalized spacial score (nSPS) is 12.2. The average Bonchev–Trinajstić information content (AvgIpc) is 3.57. The molecule has 0 radical (unpaired) electrons. The van der Waals surface area contributed by atoms with Crippen LogP contribution in [0.3, 0.4) is 0 Å². The molecule has 0 saturated carbocycles. The van der Waals surface area contributed by atoms with E-state index < -0.39 is 17.6 Å². The van der Waals surface area contributed by atoms with E-state index in [9.17, 15) is 14.4 Å². The number of thiophene rings is 1. The number of rotatable bonds is 9. The molecule has 0 aliphatic rings. The maximum atomic E-state index is 14.0. The lowest BCUT2D eigenvalue weighted by atomic mass is 10.0. The fraction of sp³-hybridized carbons (Fsp3) is 0.296. The van der Waals surface area contributed by atoms with Gasteiger partial charge in [-0.2, -0.15) is 0 Å². The second kappa shape index (κ2) is 10.9. The lowest BCUT2D eigenvalue weighted by Crippen LogP contribution is -2.51. The molecule has 1 N–H and O–H groups in total. The van der Waals surface area contributed by atoms with Crippen molar-refractivity contribution in [2.45, 2.75) is 45.3 Å². The molecule has 0 fully saturated rings. The average molecular weight is 520 g/mol. The minimum absolute atomic E-state index is 0.157. The van der Waals surface area contributed by atoms with Gasteiger partial charge in [0.25, 0.3) is 0 Å². The number of benzene rings is 2. The molecule has 37 heavy (non-hydrogen) atoms. The Bertz CT molecular complexity index is 1410. The smallest absolute Gasteiger partial charge is 0.337 e. The summed E-state index contributed by atoms with van der Waals surface area (Å²) in [6.45, 7) is 5.69. The Hall–Kier alpha value is -4.05. The Labute approximate surface area is 219 Å². The minimum Gasteiger partial charge on any atom is -0.465 e. The summed E-state index contributed by atoms with van der Waals surface area (Å²) >= 11 is 1.38. The number of para-hydroxylation sites is 1. The summed E-state index contributed by atoms with van der Waals surface area (Å²) in [6.07, 6.45) is 0.701. The number of ether oxygens (including phenoxy) is 1. The summed E-state index contributed by atoms with van der Waals surface area (Å²) in [5.74, 6) is -1.25. The van der Waals surface area contributed by atoms with Crippen molar-refractivity contribution in [1.29, 1.82) is 0 Å². The van der Waals surface area contributed by atoms with Crippen molar-refractivity contribution in [3.63, 3.8) is 0 Å². The van der Waals surface area contributed by atoms with Gasteiger partial charge in [0.2, 0.25) is 11.8 Å². The first kappa shape index (κ1) is 26.0. The number of aromatic nitrogens is 3. The van der Waals surface area contributed by atoms with Crippen molar-refractivity contribution in [2.75, 3.05) is 12.0 Å². The highest BCUT2D eigenvalue weighted by atomic mass is 32.1. The summed E-state index contributed by atoms with van der Waals surface area (Å²) in [4.78, 5) is 42.2. The molecular formula is C27H29N5O4S. The van der Waals surface area contributed by atoms with E-state index in [1.807, 2.05) is 62.5 Å². The Morgan fingerprint density at radius 3 is 2.59 bits per heavy atom. The zero-order chi connectivity index (χ0) is 26.6. The van der Waals surface area contributed by atoms with Crippen molar-refractivity contribution in [2.24, 2.45) is 0 Å². The molecule has 0 spiro atoms. The van der Waals surface area contributed by atoms with Crippen LogP contribution in [0, 0.1) is 0 Å². The van der Waals surface area contributed by atoms with E-state index in [-0.39, 0.29) is 23.9 Å². The second-order valence-corrected chi connectivity index (χ2v) is 10.2. The molecule has 9 nitrogen and oxygen atoms in total. The third-order valence-corrected chi connectivity index (χ3v) is 7.11. The van der Waals surface area contributed by atoms with Gasteiger partial charge in [0.1, 0.15) is 18.1 Å². The molecular weight excluding hydrogens is 490 g/mol. The molecule has 0 unspecified atom stereocenters. The number of esters is 1. The standard InChI is InChI=1S/C27H29N5O4S/c1-5-27(2,3)28-25(34)24(22-14-9-15-37-22)32(19-11-8-10-18(16-19)26(35)36-4)23(33)17-31-21-13-7-6-12-20(21)29-30-31/h6-16,24H,5,17H2,1-4H3,(H,28,34)/t24-/m1/s1. The fourth-order valence-electron chi connectivity index (χ4n) is 3.89. The van der Waals surface area contributed by atoms with Crippen LogP contribution in [0.2, 0.25) is 0 Å². The third kappa shape index (κ3) is 5.69. The minimum atomic E-state index is -0.971. The zero-order valence-corrected chi connectivity index (χ0v) is 22.0. The molecule has 4 aromatic rings. The molecule has 10 heteroatoms. The van der Waals surface area contributed by atoms with Crippen molar-refractivity contribution in [1.82, 2.24) is 20.3 Å². The highest BCUT2D eigenvalue weighted by Crippen LogP contribution is 2.32. The van der Waals surface area contributed by atoms with Crippen molar-refractivity contribution >= 4 is 45.8 Å². The van der Waals surface area contributed by atoms with E-state index in [0.29, 0.717) is 28.0 Å². The first-order valence-corrected chi connectivity index (χ1v) is 12.8. The van der Waals surface area contributed by atoms with Gasteiger partial charge in [0.15, 0.2) is 0 Å². The summed E-state index contributed by atoms with van der Waals surface area (Å²) in [5.41, 5.74) is 1.52. The van der Waals surface area contributed by atoms with E-state index in [0.717, 1.165) is 0 Å². The molecule has 0 bridgehead atoms. The Kier molecular flexibility index (Phi) is 7.68. The van der Waals surface area contributed by atoms with Gasteiger partial charge < -0.3 is 10.1 Å². The largest absolute Gasteiger partial charge is 0.465 e. The number of anilines is 1. The molecule has 2 heterocycles. The molecule has 2 aromatic heterocycles. The Balaban J connectivity index is 1.82. The van der Waals surface area contributed by atoms with Crippen LogP contribution >= 0.6 is 11.3 Å². The number of carbonyl (C=O) groups excluding carboxylic acids is 3. The van der Waals surface area contributed by atoms with Crippen LogP contribution < -0.4 is 10.2 Å². The highest BCUT2D eigenvalue weighted by molar-refractivity contribution is 7.10.